The summed E-state index contributed by atoms with van der Waals surface area (Å²) in [6.07, 6.45) is 0.742. The van der Waals surface area contributed by atoms with Crippen molar-refractivity contribution in [3.63, 3.8) is 0 Å². The molecule has 96 valence electrons. The average Bonchev–Trinajstić information content (AvgIpc) is 2.37. The van der Waals surface area contributed by atoms with Gasteiger partial charge in [-0.1, -0.05) is 6.07 Å². The first-order valence-corrected chi connectivity index (χ1v) is 5.98. The number of carbonyl (C=O) groups excluding carboxylic acids is 2. The van der Waals surface area contributed by atoms with Crippen LogP contribution in [0.25, 0.3) is 0 Å². The summed E-state index contributed by atoms with van der Waals surface area (Å²) in [5, 5.41) is 9.59. The van der Waals surface area contributed by atoms with Gasteiger partial charge in [-0.3, -0.25) is 4.79 Å². The van der Waals surface area contributed by atoms with E-state index in [2.05, 4.69) is 4.74 Å². The third-order valence-electron chi connectivity index (χ3n) is 3.44. The van der Waals surface area contributed by atoms with Crippen LogP contribution in [0, 0.1) is 5.92 Å². The van der Waals surface area contributed by atoms with Crippen molar-refractivity contribution in [2.24, 2.45) is 5.92 Å². The molecule has 0 aromatic heterocycles. The molecule has 2 unspecified atom stereocenters. The van der Waals surface area contributed by atoms with Crippen molar-refractivity contribution in [3.05, 3.63) is 34.9 Å². The van der Waals surface area contributed by atoms with Gasteiger partial charge in [0.15, 0.2) is 5.78 Å². The number of esters is 1. The molecular weight excluding hydrogens is 232 g/mol. The second-order valence-electron chi connectivity index (χ2n) is 4.61. The van der Waals surface area contributed by atoms with Gasteiger partial charge < -0.3 is 9.84 Å². The van der Waals surface area contributed by atoms with Crippen LogP contribution in [0.1, 0.15) is 39.6 Å². The second kappa shape index (κ2) is 4.90. The molecular formula is C14H16O4. The molecule has 0 heterocycles. The van der Waals surface area contributed by atoms with E-state index in [0.29, 0.717) is 17.5 Å². The Morgan fingerprint density at radius 2 is 2.22 bits per heavy atom. The molecule has 1 N–H and O–H groups in total. The molecule has 18 heavy (non-hydrogen) atoms. The number of methoxy groups -OCH3 is 1. The van der Waals surface area contributed by atoms with E-state index in [1.54, 1.807) is 25.1 Å². The summed E-state index contributed by atoms with van der Waals surface area (Å²) in [6.45, 7) is 1.62. The predicted molar refractivity (Wildman–Crippen MR) is 65.6 cm³/mol. The quantitative estimate of drug-likeness (QED) is 0.807. The highest BCUT2D eigenvalue weighted by Gasteiger charge is 2.31. The van der Waals surface area contributed by atoms with Crippen molar-refractivity contribution < 1.29 is 19.4 Å². The van der Waals surface area contributed by atoms with E-state index < -0.39 is 12.1 Å². The number of aliphatic hydroxyl groups is 1. The largest absolute Gasteiger partial charge is 0.465 e. The number of hydrogen-bond acceptors (Lipinski definition) is 4. The molecule has 1 aliphatic rings. The minimum atomic E-state index is -0.660. The van der Waals surface area contributed by atoms with Crippen molar-refractivity contribution in [1.82, 2.24) is 0 Å². The number of aliphatic hydroxyl groups excluding tert-OH is 1. The van der Waals surface area contributed by atoms with Crippen LogP contribution in [-0.4, -0.2) is 30.1 Å². The molecule has 2 rings (SSSR count). The van der Waals surface area contributed by atoms with Gasteiger partial charge in [0, 0.05) is 11.5 Å². The average molecular weight is 248 g/mol. The molecule has 1 aromatic rings. The van der Waals surface area contributed by atoms with E-state index in [9.17, 15) is 14.7 Å². The van der Waals surface area contributed by atoms with Crippen molar-refractivity contribution in [1.29, 1.82) is 0 Å². The Kier molecular flexibility index (Phi) is 3.48. The number of Topliss-reactive ketones (excluding diaryl/α,β-unsaturated/α-hetero) is 1. The molecule has 1 aromatic carbocycles. The monoisotopic (exact) mass is 248 g/mol. The molecule has 0 fully saturated rings. The van der Waals surface area contributed by atoms with Crippen LogP contribution in [0.15, 0.2) is 18.2 Å². The topological polar surface area (TPSA) is 63.6 Å². The number of benzene rings is 1. The normalized spacial score (nSPS) is 20.2. The van der Waals surface area contributed by atoms with Crippen LogP contribution in [0.3, 0.4) is 0 Å². The van der Waals surface area contributed by atoms with Crippen molar-refractivity contribution in [3.8, 4) is 0 Å². The zero-order valence-corrected chi connectivity index (χ0v) is 10.5. The van der Waals surface area contributed by atoms with Crippen molar-refractivity contribution >= 4 is 11.8 Å². The number of ether oxygens (including phenoxy) is 1. The van der Waals surface area contributed by atoms with Gasteiger partial charge in [0.25, 0.3) is 0 Å². The summed E-state index contributed by atoms with van der Waals surface area (Å²) in [6, 6.07) is 5.02. The van der Waals surface area contributed by atoms with Crippen LogP contribution in [0.5, 0.6) is 0 Å². The van der Waals surface area contributed by atoms with Crippen LogP contribution < -0.4 is 0 Å². The van der Waals surface area contributed by atoms with Crippen molar-refractivity contribution in [2.75, 3.05) is 7.11 Å². The van der Waals surface area contributed by atoms with Crippen LogP contribution in [-0.2, 0) is 11.2 Å². The lowest BCUT2D eigenvalue weighted by atomic mass is 9.80. The molecule has 0 saturated heterocycles. The molecule has 4 heteroatoms. The first-order chi connectivity index (χ1) is 8.54. The smallest absolute Gasteiger partial charge is 0.337 e. The van der Waals surface area contributed by atoms with E-state index in [4.69, 9.17) is 0 Å². The van der Waals surface area contributed by atoms with Crippen LogP contribution in [0.2, 0.25) is 0 Å². The van der Waals surface area contributed by atoms with Gasteiger partial charge >= 0.3 is 5.97 Å². The Balaban J connectivity index is 2.39. The summed E-state index contributed by atoms with van der Waals surface area (Å²) >= 11 is 0. The summed E-state index contributed by atoms with van der Waals surface area (Å²) in [5.41, 5.74) is 1.84. The Labute approximate surface area is 106 Å². The molecule has 2 atom stereocenters. The van der Waals surface area contributed by atoms with E-state index in [0.717, 1.165) is 12.0 Å². The van der Waals surface area contributed by atoms with Crippen molar-refractivity contribution in [2.45, 2.75) is 25.9 Å². The fourth-order valence-electron chi connectivity index (χ4n) is 2.37. The Morgan fingerprint density at radius 3 is 2.83 bits per heavy atom. The van der Waals surface area contributed by atoms with Crippen LogP contribution in [0.4, 0.5) is 0 Å². The van der Waals surface area contributed by atoms with Gasteiger partial charge in [-0.15, -0.1) is 0 Å². The zero-order valence-electron chi connectivity index (χ0n) is 10.5. The predicted octanol–water partition coefficient (Wildman–Crippen LogP) is 1.60. The molecule has 0 aliphatic heterocycles. The molecule has 0 spiro atoms. The number of carbonyl (C=O) groups is 2. The summed E-state index contributed by atoms with van der Waals surface area (Å²) in [4.78, 5) is 23.6. The summed E-state index contributed by atoms with van der Waals surface area (Å²) < 4.78 is 4.64. The van der Waals surface area contributed by atoms with E-state index >= 15 is 0 Å². The minimum absolute atomic E-state index is 0.0861. The minimum Gasteiger partial charge on any atom is -0.465 e. The molecule has 0 amide bonds. The lowest BCUT2D eigenvalue weighted by Gasteiger charge is -2.25. The number of rotatable bonds is 2. The first kappa shape index (κ1) is 12.8. The maximum Gasteiger partial charge on any atom is 0.337 e. The number of fused-ring (bicyclic) bond motifs is 1. The third kappa shape index (κ3) is 2.16. The molecule has 0 saturated carbocycles. The number of aryl methyl sites for hydroxylation is 1. The molecule has 0 bridgehead atoms. The zero-order chi connectivity index (χ0) is 13.3. The third-order valence-corrected chi connectivity index (χ3v) is 3.44. The van der Waals surface area contributed by atoms with Gasteiger partial charge in [0.05, 0.1) is 18.8 Å². The van der Waals surface area contributed by atoms with Gasteiger partial charge in [0.2, 0.25) is 0 Å². The fraction of sp³-hybridized carbons (Fsp3) is 0.429. The number of ketones is 1. The van der Waals surface area contributed by atoms with Gasteiger partial charge in [-0.25, -0.2) is 4.79 Å². The maximum atomic E-state index is 12.2. The molecule has 4 nitrogen and oxygen atoms in total. The maximum absolute atomic E-state index is 12.2. The van der Waals surface area contributed by atoms with E-state index in [1.165, 1.54) is 7.11 Å². The lowest BCUT2D eigenvalue weighted by Crippen LogP contribution is -2.31. The SMILES string of the molecule is COC(=O)c1ccc2c(c1)C(=O)C(C(C)O)CC2. The fourth-order valence-corrected chi connectivity index (χ4v) is 2.37. The second-order valence-corrected chi connectivity index (χ2v) is 4.61. The van der Waals surface area contributed by atoms with Gasteiger partial charge in [-0.2, -0.15) is 0 Å². The standard InChI is InChI=1S/C14H16O4/c1-8(15)11-6-5-9-3-4-10(14(17)18-2)7-12(9)13(11)16/h3-4,7-8,11,15H,5-6H2,1-2H3. The van der Waals surface area contributed by atoms with E-state index in [-0.39, 0.29) is 11.7 Å². The van der Waals surface area contributed by atoms with Gasteiger partial charge in [-0.05, 0) is 37.5 Å². The Bertz CT molecular complexity index is 491. The highest BCUT2D eigenvalue weighted by Crippen LogP contribution is 2.28. The van der Waals surface area contributed by atoms with Crippen LogP contribution >= 0.6 is 0 Å². The molecule has 1 aliphatic carbocycles. The summed E-state index contributed by atoms with van der Waals surface area (Å²) in [5.74, 6) is -0.910. The van der Waals surface area contributed by atoms with E-state index in [1.807, 2.05) is 0 Å². The lowest BCUT2D eigenvalue weighted by molar-refractivity contribution is 0.0600. The number of hydrogen-bond donors (Lipinski definition) is 1. The summed E-state index contributed by atoms with van der Waals surface area (Å²) in [7, 11) is 1.31. The molecule has 0 radical (unpaired) electrons. The Morgan fingerprint density at radius 1 is 1.50 bits per heavy atom. The highest BCUT2D eigenvalue weighted by molar-refractivity contribution is 6.02. The van der Waals surface area contributed by atoms with Gasteiger partial charge in [0.1, 0.15) is 0 Å². The first-order valence-electron chi connectivity index (χ1n) is 5.98. The Hall–Kier alpha value is -1.68. The highest BCUT2D eigenvalue weighted by atomic mass is 16.5.